The Balaban J connectivity index is 2.31. The number of esters is 1. The molecule has 2 aromatic carbocycles. The highest BCUT2D eigenvalue weighted by Crippen LogP contribution is 2.50. The van der Waals surface area contributed by atoms with Crippen LogP contribution in [0.1, 0.15) is 15.9 Å². The number of nitrogens with one attached hydrogen (secondary N) is 1. The lowest BCUT2D eigenvalue weighted by molar-refractivity contribution is -0.376. The summed E-state index contributed by atoms with van der Waals surface area (Å²) in [5, 5.41) is 9.32. The van der Waals surface area contributed by atoms with Crippen molar-refractivity contribution in [2.75, 3.05) is 11.8 Å². The average molecular weight is 457 g/mol. The number of benzene rings is 2. The van der Waals surface area contributed by atoms with E-state index in [0.29, 0.717) is 24.3 Å². The number of carbonyl (C=O) groups excluding carboxylic acids is 1. The van der Waals surface area contributed by atoms with Crippen molar-refractivity contribution in [2.24, 2.45) is 0 Å². The van der Waals surface area contributed by atoms with Crippen LogP contribution in [0, 0.1) is 0 Å². The van der Waals surface area contributed by atoms with Crippen LogP contribution in [0.4, 0.5) is 32.0 Å². The minimum atomic E-state index is -6.06. The Hall–Kier alpha value is -2.80. The topological polar surface area (TPSA) is 92.7 Å². The van der Waals surface area contributed by atoms with Gasteiger partial charge in [0.25, 0.3) is 15.6 Å². The maximum Gasteiger partial charge on any atom is 0.430 e. The van der Waals surface area contributed by atoms with Gasteiger partial charge in [0.1, 0.15) is 0 Å². The molecule has 2 N–H and O–H groups in total. The monoisotopic (exact) mass is 457 g/mol. The summed E-state index contributed by atoms with van der Waals surface area (Å²) in [6.07, 6.45) is -12.1. The number of anilines is 1. The molecule has 13 heteroatoms. The standard InChI is InChI=1S/C17H13F6NO5S/c1-29-14(25)10-2-8-13(9-3-10)30(27,28)24-12-6-4-11(5-7-12)15(26,16(18,19)20)17(21,22)23/h2-9,24,26H,1H3. The minimum absolute atomic E-state index is 0.0550. The van der Waals surface area contributed by atoms with Gasteiger partial charge in [-0.15, -0.1) is 0 Å². The fourth-order valence-electron chi connectivity index (χ4n) is 2.37. The third-order valence-electron chi connectivity index (χ3n) is 3.96. The highest BCUT2D eigenvalue weighted by Gasteiger charge is 2.71. The van der Waals surface area contributed by atoms with E-state index in [0.717, 1.165) is 31.4 Å². The number of sulfonamides is 1. The lowest BCUT2D eigenvalue weighted by Crippen LogP contribution is -2.53. The van der Waals surface area contributed by atoms with E-state index in [4.69, 9.17) is 0 Å². The van der Waals surface area contributed by atoms with Gasteiger partial charge in [0.15, 0.2) is 0 Å². The third-order valence-corrected chi connectivity index (χ3v) is 5.36. The summed E-state index contributed by atoms with van der Waals surface area (Å²) in [6.45, 7) is 0. The largest absolute Gasteiger partial charge is 0.465 e. The second-order valence-corrected chi connectivity index (χ2v) is 7.59. The van der Waals surface area contributed by atoms with Gasteiger partial charge < -0.3 is 9.84 Å². The molecule has 164 valence electrons. The number of aliphatic hydroxyl groups is 1. The second kappa shape index (κ2) is 7.80. The van der Waals surface area contributed by atoms with Crippen molar-refractivity contribution in [1.82, 2.24) is 0 Å². The second-order valence-electron chi connectivity index (χ2n) is 5.90. The lowest BCUT2D eigenvalue weighted by Gasteiger charge is -2.32. The van der Waals surface area contributed by atoms with E-state index in [1.54, 1.807) is 0 Å². The van der Waals surface area contributed by atoms with Gasteiger partial charge >= 0.3 is 18.3 Å². The van der Waals surface area contributed by atoms with Crippen molar-refractivity contribution in [2.45, 2.75) is 22.8 Å². The molecule has 2 aromatic rings. The predicted molar refractivity (Wildman–Crippen MR) is 91.0 cm³/mol. The zero-order valence-electron chi connectivity index (χ0n) is 14.9. The molecule has 0 aromatic heterocycles. The summed E-state index contributed by atoms with van der Waals surface area (Å²) in [6, 6.07) is 6.28. The van der Waals surface area contributed by atoms with E-state index in [-0.39, 0.29) is 16.1 Å². The molecule has 0 fully saturated rings. The van der Waals surface area contributed by atoms with E-state index in [9.17, 15) is 44.7 Å². The molecule has 0 atom stereocenters. The van der Waals surface area contributed by atoms with E-state index < -0.39 is 39.5 Å². The van der Waals surface area contributed by atoms with E-state index in [1.807, 2.05) is 4.72 Å². The Morgan fingerprint density at radius 3 is 1.77 bits per heavy atom. The summed E-state index contributed by atoms with van der Waals surface area (Å²) < 4.78 is 108. The Kier molecular flexibility index (Phi) is 6.10. The molecule has 0 amide bonds. The van der Waals surface area contributed by atoms with Crippen molar-refractivity contribution in [3.63, 3.8) is 0 Å². The Morgan fingerprint density at radius 1 is 0.900 bits per heavy atom. The van der Waals surface area contributed by atoms with Crippen LogP contribution in [0.25, 0.3) is 0 Å². The quantitative estimate of drug-likeness (QED) is 0.529. The van der Waals surface area contributed by atoms with Crippen LogP contribution < -0.4 is 4.72 Å². The number of hydrogen-bond donors (Lipinski definition) is 2. The van der Waals surface area contributed by atoms with Crippen LogP contribution in [-0.4, -0.2) is 39.0 Å². The first-order chi connectivity index (χ1) is 13.6. The summed E-state index contributed by atoms with van der Waals surface area (Å²) in [7, 11) is -3.15. The summed E-state index contributed by atoms with van der Waals surface area (Å²) in [5.74, 6) is -0.718. The maximum atomic E-state index is 12.9. The molecule has 2 rings (SSSR count). The molecule has 30 heavy (non-hydrogen) atoms. The van der Waals surface area contributed by atoms with Crippen molar-refractivity contribution < 1.29 is 49.4 Å². The minimum Gasteiger partial charge on any atom is -0.465 e. The fraction of sp³-hybridized carbons (Fsp3) is 0.235. The molecule has 0 bridgehead atoms. The van der Waals surface area contributed by atoms with E-state index in [2.05, 4.69) is 4.74 Å². The number of carbonyl (C=O) groups is 1. The smallest absolute Gasteiger partial charge is 0.430 e. The summed E-state index contributed by atoms with van der Waals surface area (Å²) >= 11 is 0. The molecular weight excluding hydrogens is 444 g/mol. The fourth-order valence-corrected chi connectivity index (χ4v) is 3.43. The average Bonchev–Trinajstić information content (AvgIpc) is 2.65. The number of rotatable bonds is 5. The highest BCUT2D eigenvalue weighted by atomic mass is 32.2. The number of alkyl halides is 6. The third kappa shape index (κ3) is 4.36. The van der Waals surface area contributed by atoms with E-state index in [1.165, 1.54) is 0 Å². The van der Waals surface area contributed by atoms with Gasteiger partial charge in [0.2, 0.25) is 0 Å². The predicted octanol–water partition coefficient (Wildman–Crippen LogP) is 3.59. The van der Waals surface area contributed by atoms with Crippen molar-refractivity contribution in [3.8, 4) is 0 Å². The molecule has 0 unspecified atom stereocenters. The molecule has 6 nitrogen and oxygen atoms in total. The Bertz CT molecular complexity index is 1000. The molecule has 0 heterocycles. The molecule has 0 saturated carbocycles. The number of hydrogen-bond acceptors (Lipinski definition) is 5. The number of halogens is 6. The first-order valence-corrected chi connectivity index (χ1v) is 9.29. The Morgan fingerprint density at radius 2 is 1.37 bits per heavy atom. The first-order valence-electron chi connectivity index (χ1n) is 7.81. The van der Waals surface area contributed by atoms with Gasteiger partial charge in [0.05, 0.1) is 17.6 Å². The maximum absolute atomic E-state index is 12.9. The zero-order chi connectivity index (χ0) is 23.0. The van der Waals surface area contributed by atoms with Crippen molar-refractivity contribution in [3.05, 3.63) is 59.7 Å². The van der Waals surface area contributed by atoms with Gasteiger partial charge in [-0.05, 0) is 36.4 Å². The van der Waals surface area contributed by atoms with Crippen LogP contribution in [0.2, 0.25) is 0 Å². The SMILES string of the molecule is COC(=O)c1ccc(S(=O)(=O)Nc2ccc(C(O)(C(F)(F)F)C(F)(F)F)cc2)cc1. The molecule has 0 aliphatic carbocycles. The molecule has 0 radical (unpaired) electrons. The lowest BCUT2D eigenvalue weighted by atomic mass is 9.92. The zero-order valence-corrected chi connectivity index (χ0v) is 15.7. The van der Waals surface area contributed by atoms with Crippen LogP contribution in [0.5, 0.6) is 0 Å². The van der Waals surface area contributed by atoms with Gasteiger partial charge in [0, 0.05) is 11.3 Å². The van der Waals surface area contributed by atoms with Gasteiger partial charge in [-0.3, -0.25) is 4.72 Å². The van der Waals surface area contributed by atoms with E-state index >= 15 is 0 Å². The number of methoxy groups -OCH3 is 1. The summed E-state index contributed by atoms with van der Waals surface area (Å²) in [5.41, 5.74) is -6.96. The molecule has 0 aliphatic heterocycles. The molecule has 0 aliphatic rings. The van der Waals surface area contributed by atoms with Crippen LogP contribution in [0.15, 0.2) is 53.4 Å². The van der Waals surface area contributed by atoms with Crippen LogP contribution in [-0.2, 0) is 20.4 Å². The summed E-state index contributed by atoms with van der Waals surface area (Å²) in [4.78, 5) is 11.0. The molecule has 0 spiro atoms. The normalized spacial score (nSPS) is 13.1. The Labute approximate surface area is 166 Å². The first kappa shape index (κ1) is 23.5. The van der Waals surface area contributed by atoms with Crippen molar-refractivity contribution in [1.29, 1.82) is 0 Å². The van der Waals surface area contributed by atoms with Gasteiger partial charge in [-0.25, -0.2) is 13.2 Å². The van der Waals surface area contributed by atoms with Crippen molar-refractivity contribution >= 4 is 21.7 Å². The van der Waals surface area contributed by atoms with Crippen LogP contribution in [0.3, 0.4) is 0 Å². The van der Waals surface area contributed by atoms with Gasteiger partial charge in [-0.1, -0.05) is 12.1 Å². The molecule has 0 saturated heterocycles. The highest BCUT2D eigenvalue weighted by molar-refractivity contribution is 7.92. The van der Waals surface area contributed by atoms with Crippen LogP contribution >= 0.6 is 0 Å². The molecular formula is C17H13F6NO5S. The van der Waals surface area contributed by atoms with Gasteiger partial charge in [-0.2, -0.15) is 26.3 Å². The number of ether oxygens (including phenoxy) is 1.